The highest BCUT2D eigenvalue weighted by atomic mass is 16.4. The quantitative estimate of drug-likeness (QED) is 0.490. The number of nitrogens with zero attached hydrogens (tertiary/aromatic N) is 3. The van der Waals surface area contributed by atoms with Gasteiger partial charge in [0.05, 0.1) is 12.7 Å². The summed E-state index contributed by atoms with van der Waals surface area (Å²) in [6.45, 7) is 2.01. The Balaban J connectivity index is 2.26. The Kier molecular flexibility index (Phi) is 4.31. The van der Waals surface area contributed by atoms with Crippen LogP contribution in [0.1, 0.15) is 16.9 Å². The highest BCUT2D eigenvalue weighted by molar-refractivity contribution is 5.84. The molecule has 0 atom stereocenters. The summed E-state index contributed by atoms with van der Waals surface area (Å²) in [6.07, 6.45) is 7.15. The standard InChI is InChI=1S/C9H12N4O2/c1-2-3-4-10-5-6-13-7-8(9(14)15)11-12-13/h1,7,10H,3-6H2,(H,14,15). The van der Waals surface area contributed by atoms with Gasteiger partial charge in [-0.3, -0.25) is 4.68 Å². The number of rotatable bonds is 6. The SMILES string of the molecule is C#CCCNCCn1cc(C(=O)O)nn1. The lowest BCUT2D eigenvalue weighted by atomic mass is 10.4. The van der Waals surface area contributed by atoms with E-state index < -0.39 is 5.97 Å². The van der Waals surface area contributed by atoms with Crippen LogP contribution in [0.2, 0.25) is 0 Å². The number of nitrogens with one attached hydrogen (secondary N) is 1. The summed E-state index contributed by atoms with van der Waals surface area (Å²) in [5, 5.41) is 18.8. The number of hydrogen-bond donors (Lipinski definition) is 2. The molecule has 1 rings (SSSR count). The molecule has 0 saturated carbocycles. The Bertz CT molecular complexity index is 366. The number of aromatic nitrogens is 3. The number of carbonyl (C=O) groups is 1. The smallest absolute Gasteiger partial charge is 0.358 e. The van der Waals surface area contributed by atoms with Gasteiger partial charge in [-0.15, -0.1) is 17.4 Å². The molecular formula is C9H12N4O2. The molecule has 1 heterocycles. The van der Waals surface area contributed by atoms with Crippen molar-refractivity contribution in [3.8, 4) is 12.3 Å². The summed E-state index contributed by atoms with van der Waals surface area (Å²) < 4.78 is 1.48. The molecule has 6 heteroatoms. The van der Waals surface area contributed by atoms with E-state index in [0.29, 0.717) is 19.5 Å². The summed E-state index contributed by atoms with van der Waals surface area (Å²) >= 11 is 0. The normalized spacial score (nSPS) is 9.80. The molecule has 0 aliphatic rings. The number of terminal acetylenes is 1. The van der Waals surface area contributed by atoms with E-state index in [9.17, 15) is 4.79 Å². The van der Waals surface area contributed by atoms with Crippen molar-refractivity contribution in [3.05, 3.63) is 11.9 Å². The van der Waals surface area contributed by atoms with Crippen molar-refractivity contribution in [2.45, 2.75) is 13.0 Å². The first-order valence-electron chi connectivity index (χ1n) is 4.51. The minimum absolute atomic E-state index is 0.0429. The third-order valence-corrected chi connectivity index (χ3v) is 1.72. The third kappa shape index (κ3) is 3.79. The van der Waals surface area contributed by atoms with Crippen molar-refractivity contribution in [1.82, 2.24) is 20.3 Å². The van der Waals surface area contributed by atoms with Crippen molar-refractivity contribution in [3.63, 3.8) is 0 Å². The first-order valence-corrected chi connectivity index (χ1v) is 4.51. The fourth-order valence-electron chi connectivity index (χ4n) is 0.985. The fourth-order valence-corrected chi connectivity index (χ4v) is 0.985. The Labute approximate surface area is 87.3 Å². The molecule has 80 valence electrons. The Hall–Kier alpha value is -1.87. The van der Waals surface area contributed by atoms with E-state index in [-0.39, 0.29) is 5.69 Å². The first kappa shape index (κ1) is 11.2. The number of carboxylic acid groups (broad SMARTS) is 1. The predicted octanol–water partition coefficient (Wildman–Crippen LogP) is -0.411. The lowest BCUT2D eigenvalue weighted by Gasteiger charge is -2.01. The molecule has 0 bridgehead atoms. The molecule has 0 saturated heterocycles. The topological polar surface area (TPSA) is 80.0 Å². The van der Waals surface area contributed by atoms with Crippen LogP contribution in [0.4, 0.5) is 0 Å². The molecule has 0 spiro atoms. The molecule has 1 aromatic heterocycles. The van der Waals surface area contributed by atoms with Gasteiger partial charge in [-0.05, 0) is 0 Å². The monoisotopic (exact) mass is 208 g/mol. The van der Waals surface area contributed by atoms with Gasteiger partial charge in [-0.25, -0.2) is 4.79 Å². The Morgan fingerprint density at radius 3 is 3.07 bits per heavy atom. The van der Waals surface area contributed by atoms with E-state index in [4.69, 9.17) is 11.5 Å². The van der Waals surface area contributed by atoms with E-state index in [0.717, 1.165) is 6.54 Å². The van der Waals surface area contributed by atoms with Gasteiger partial charge < -0.3 is 10.4 Å². The predicted molar refractivity (Wildman–Crippen MR) is 53.3 cm³/mol. The molecule has 0 aliphatic carbocycles. The highest BCUT2D eigenvalue weighted by Crippen LogP contribution is 1.91. The second-order valence-corrected chi connectivity index (χ2v) is 2.88. The Morgan fingerprint density at radius 1 is 1.67 bits per heavy atom. The highest BCUT2D eigenvalue weighted by Gasteiger charge is 2.07. The Morgan fingerprint density at radius 2 is 2.47 bits per heavy atom. The van der Waals surface area contributed by atoms with Gasteiger partial charge in [0.2, 0.25) is 0 Å². The molecule has 0 unspecified atom stereocenters. The second kappa shape index (κ2) is 5.78. The first-order chi connectivity index (χ1) is 7.24. The summed E-state index contributed by atoms with van der Waals surface area (Å²) in [7, 11) is 0. The minimum atomic E-state index is -1.07. The lowest BCUT2D eigenvalue weighted by molar-refractivity contribution is 0.0690. The van der Waals surface area contributed by atoms with Crippen LogP contribution in [0.25, 0.3) is 0 Å². The van der Waals surface area contributed by atoms with Gasteiger partial charge in [0.1, 0.15) is 0 Å². The fraction of sp³-hybridized carbons (Fsp3) is 0.444. The summed E-state index contributed by atoms with van der Waals surface area (Å²) in [5.41, 5.74) is -0.0429. The van der Waals surface area contributed by atoms with Crippen LogP contribution < -0.4 is 5.32 Å². The zero-order chi connectivity index (χ0) is 11.1. The van der Waals surface area contributed by atoms with Crippen LogP contribution in [-0.4, -0.2) is 39.2 Å². The number of aromatic carboxylic acids is 1. The average molecular weight is 208 g/mol. The zero-order valence-corrected chi connectivity index (χ0v) is 8.18. The molecule has 2 N–H and O–H groups in total. The molecule has 1 aromatic rings. The maximum Gasteiger partial charge on any atom is 0.358 e. The maximum absolute atomic E-state index is 10.5. The van der Waals surface area contributed by atoms with Crippen LogP contribution in [0.15, 0.2) is 6.20 Å². The minimum Gasteiger partial charge on any atom is -0.476 e. The van der Waals surface area contributed by atoms with Gasteiger partial charge in [0, 0.05) is 19.5 Å². The van der Waals surface area contributed by atoms with E-state index in [1.54, 1.807) is 0 Å². The van der Waals surface area contributed by atoms with Crippen LogP contribution in [-0.2, 0) is 6.54 Å². The van der Waals surface area contributed by atoms with Crippen molar-refractivity contribution in [2.24, 2.45) is 0 Å². The van der Waals surface area contributed by atoms with Gasteiger partial charge in [0.15, 0.2) is 5.69 Å². The molecular weight excluding hydrogens is 196 g/mol. The molecule has 0 fully saturated rings. The molecule has 0 aliphatic heterocycles. The second-order valence-electron chi connectivity index (χ2n) is 2.88. The van der Waals surface area contributed by atoms with Gasteiger partial charge in [0.25, 0.3) is 0 Å². The van der Waals surface area contributed by atoms with Crippen LogP contribution >= 0.6 is 0 Å². The molecule has 0 aromatic carbocycles. The van der Waals surface area contributed by atoms with E-state index in [2.05, 4.69) is 21.5 Å². The molecule has 15 heavy (non-hydrogen) atoms. The lowest BCUT2D eigenvalue weighted by Crippen LogP contribution is -2.21. The average Bonchev–Trinajstić information content (AvgIpc) is 2.66. The molecule has 0 radical (unpaired) electrons. The van der Waals surface area contributed by atoms with Crippen LogP contribution in [0, 0.1) is 12.3 Å². The van der Waals surface area contributed by atoms with E-state index in [1.165, 1.54) is 10.9 Å². The van der Waals surface area contributed by atoms with Gasteiger partial charge in [-0.2, -0.15) is 0 Å². The summed E-state index contributed by atoms with van der Waals surface area (Å²) in [4.78, 5) is 10.5. The van der Waals surface area contributed by atoms with Crippen molar-refractivity contribution in [1.29, 1.82) is 0 Å². The number of carboxylic acids is 1. The zero-order valence-electron chi connectivity index (χ0n) is 8.18. The van der Waals surface area contributed by atoms with Crippen molar-refractivity contribution in [2.75, 3.05) is 13.1 Å². The van der Waals surface area contributed by atoms with E-state index in [1.807, 2.05) is 0 Å². The number of hydrogen-bond acceptors (Lipinski definition) is 4. The van der Waals surface area contributed by atoms with Crippen LogP contribution in [0.3, 0.4) is 0 Å². The third-order valence-electron chi connectivity index (χ3n) is 1.72. The molecule has 6 nitrogen and oxygen atoms in total. The van der Waals surface area contributed by atoms with Crippen molar-refractivity contribution < 1.29 is 9.90 Å². The van der Waals surface area contributed by atoms with Crippen LogP contribution in [0.5, 0.6) is 0 Å². The molecule has 0 amide bonds. The van der Waals surface area contributed by atoms with Gasteiger partial charge in [-0.1, -0.05) is 5.21 Å². The van der Waals surface area contributed by atoms with Crippen molar-refractivity contribution >= 4 is 5.97 Å². The largest absolute Gasteiger partial charge is 0.476 e. The maximum atomic E-state index is 10.5. The summed E-state index contributed by atoms with van der Waals surface area (Å²) in [5.74, 6) is 1.44. The van der Waals surface area contributed by atoms with Gasteiger partial charge >= 0.3 is 5.97 Å². The van der Waals surface area contributed by atoms with E-state index >= 15 is 0 Å². The summed E-state index contributed by atoms with van der Waals surface area (Å²) in [6, 6.07) is 0.